The van der Waals surface area contributed by atoms with Gasteiger partial charge >= 0.3 is 0 Å². The number of rotatable bonds is 4. The maximum Gasteiger partial charge on any atom is 0.0663 e. The molecule has 0 spiro atoms. The van der Waals surface area contributed by atoms with Gasteiger partial charge in [0.2, 0.25) is 0 Å². The molecule has 3 heteroatoms. The lowest BCUT2D eigenvalue weighted by Crippen LogP contribution is -2.32. The van der Waals surface area contributed by atoms with Gasteiger partial charge in [-0.15, -0.1) is 0 Å². The first-order valence-electron chi connectivity index (χ1n) is 4.72. The predicted molar refractivity (Wildman–Crippen MR) is 60.6 cm³/mol. The average Bonchev–Trinajstić information content (AvgIpc) is 2.18. The van der Waals surface area contributed by atoms with Gasteiger partial charge in [-0.05, 0) is 31.2 Å². The smallest absolute Gasteiger partial charge is 0.0663 e. The minimum Gasteiger partial charge on any atom is -0.399 e. The summed E-state index contributed by atoms with van der Waals surface area (Å²) in [4.78, 5) is 2.17. The van der Waals surface area contributed by atoms with Gasteiger partial charge < -0.3 is 15.4 Å². The van der Waals surface area contributed by atoms with Gasteiger partial charge in [-0.2, -0.15) is 0 Å². The summed E-state index contributed by atoms with van der Waals surface area (Å²) in [6, 6.07) is 8.21. The first-order valence-corrected chi connectivity index (χ1v) is 4.72. The number of hydrogen-bond acceptors (Lipinski definition) is 3. The summed E-state index contributed by atoms with van der Waals surface area (Å²) in [6.07, 6.45) is 0. The van der Waals surface area contributed by atoms with Crippen LogP contribution in [-0.2, 0) is 4.74 Å². The Labute approximate surface area is 85.5 Å². The topological polar surface area (TPSA) is 38.5 Å². The third kappa shape index (κ3) is 2.64. The zero-order valence-corrected chi connectivity index (χ0v) is 9.03. The lowest BCUT2D eigenvalue weighted by molar-refractivity contribution is 0.183. The zero-order valence-electron chi connectivity index (χ0n) is 9.03. The third-order valence-corrected chi connectivity index (χ3v) is 2.37. The van der Waals surface area contributed by atoms with E-state index in [1.165, 1.54) is 0 Å². The van der Waals surface area contributed by atoms with Crippen molar-refractivity contribution in [3.05, 3.63) is 24.3 Å². The van der Waals surface area contributed by atoms with E-state index in [0.717, 1.165) is 18.0 Å². The Hall–Kier alpha value is -1.22. The average molecular weight is 194 g/mol. The molecule has 1 aromatic carbocycles. The highest BCUT2D eigenvalue weighted by Crippen LogP contribution is 2.16. The molecule has 0 aromatic heterocycles. The summed E-state index contributed by atoms with van der Waals surface area (Å²) in [6.45, 7) is 2.85. The van der Waals surface area contributed by atoms with E-state index in [1.54, 1.807) is 7.11 Å². The maximum atomic E-state index is 5.62. The van der Waals surface area contributed by atoms with Crippen LogP contribution in [0.2, 0.25) is 0 Å². The summed E-state index contributed by atoms with van der Waals surface area (Å²) >= 11 is 0. The number of anilines is 2. The van der Waals surface area contributed by atoms with E-state index < -0.39 is 0 Å². The number of benzene rings is 1. The Kier molecular flexibility index (Phi) is 3.77. The van der Waals surface area contributed by atoms with Crippen LogP contribution >= 0.6 is 0 Å². The summed E-state index contributed by atoms with van der Waals surface area (Å²) in [5, 5.41) is 0. The second-order valence-electron chi connectivity index (χ2n) is 3.51. The van der Waals surface area contributed by atoms with E-state index in [0.29, 0.717) is 6.04 Å². The predicted octanol–water partition coefficient (Wildman–Crippen LogP) is 1.74. The molecule has 78 valence electrons. The molecule has 0 aliphatic carbocycles. The highest BCUT2D eigenvalue weighted by molar-refractivity contribution is 5.53. The molecule has 0 aliphatic heterocycles. The van der Waals surface area contributed by atoms with Gasteiger partial charge in [0, 0.05) is 31.6 Å². The maximum absolute atomic E-state index is 5.62. The van der Waals surface area contributed by atoms with Crippen molar-refractivity contribution in [2.75, 3.05) is 31.4 Å². The molecular weight excluding hydrogens is 176 g/mol. The van der Waals surface area contributed by atoms with E-state index >= 15 is 0 Å². The van der Waals surface area contributed by atoms with Crippen LogP contribution in [0, 0.1) is 0 Å². The minimum absolute atomic E-state index is 0.364. The van der Waals surface area contributed by atoms with E-state index in [-0.39, 0.29) is 0 Å². The number of ether oxygens (including phenoxy) is 1. The van der Waals surface area contributed by atoms with Crippen LogP contribution < -0.4 is 10.6 Å². The largest absolute Gasteiger partial charge is 0.399 e. The molecule has 0 heterocycles. The lowest BCUT2D eigenvalue weighted by Gasteiger charge is -2.26. The summed E-state index contributed by atoms with van der Waals surface area (Å²) in [5.74, 6) is 0. The molecular formula is C11H18N2O. The highest BCUT2D eigenvalue weighted by atomic mass is 16.5. The number of nitrogens with zero attached hydrogens (tertiary/aromatic N) is 1. The highest BCUT2D eigenvalue weighted by Gasteiger charge is 2.08. The van der Waals surface area contributed by atoms with Gasteiger partial charge in [0.05, 0.1) is 6.61 Å². The second kappa shape index (κ2) is 4.86. The van der Waals surface area contributed by atoms with Crippen molar-refractivity contribution in [2.24, 2.45) is 0 Å². The van der Waals surface area contributed by atoms with Gasteiger partial charge in [0.1, 0.15) is 0 Å². The van der Waals surface area contributed by atoms with Crippen LogP contribution in [0.5, 0.6) is 0 Å². The quantitative estimate of drug-likeness (QED) is 0.742. The molecule has 0 aliphatic rings. The van der Waals surface area contributed by atoms with E-state index in [9.17, 15) is 0 Å². The summed E-state index contributed by atoms with van der Waals surface area (Å²) in [7, 11) is 3.77. The number of methoxy groups -OCH3 is 1. The first-order chi connectivity index (χ1) is 6.65. The Bertz CT molecular complexity index is 271. The van der Waals surface area contributed by atoms with Crippen molar-refractivity contribution < 1.29 is 4.74 Å². The SMILES string of the molecule is COCC(C)N(C)c1ccc(N)cc1. The van der Waals surface area contributed by atoms with Crippen molar-refractivity contribution in [3.8, 4) is 0 Å². The normalized spacial score (nSPS) is 12.5. The fourth-order valence-corrected chi connectivity index (χ4v) is 1.32. The van der Waals surface area contributed by atoms with Crippen molar-refractivity contribution in [1.29, 1.82) is 0 Å². The van der Waals surface area contributed by atoms with Crippen molar-refractivity contribution in [3.63, 3.8) is 0 Å². The second-order valence-corrected chi connectivity index (χ2v) is 3.51. The van der Waals surface area contributed by atoms with E-state index in [2.05, 4.69) is 18.9 Å². The van der Waals surface area contributed by atoms with Crippen molar-refractivity contribution >= 4 is 11.4 Å². The number of likely N-dealkylation sites (N-methyl/N-ethyl adjacent to an activating group) is 1. The van der Waals surface area contributed by atoms with Crippen LogP contribution in [0.1, 0.15) is 6.92 Å². The van der Waals surface area contributed by atoms with Crippen LogP contribution in [0.3, 0.4) is 0 Å². The minimum atomic E-state index is 0.364. The fourth-order valence-electron chi connectivity index (χ4n) is 1.32. The van der Waals surface area contributed by atoms with Crippen molar-refractivity contribution in [2.45, 2.75) is 13.0 Å². The lowest BCUT2D eigenvalue weighted by atomic mass is 10.2. The molecule has 0 amide bonds. The van der Waals surface area contributed by atoms with E-state index in [1.807, 2.05) is 24.3 Å². The van der Waals surface area contributed by atoms with Gasteiger partial charge in [-0.25, -0.2) is 0 Å². The zero-order chi connectivity index (χ0) is 10.6. The molecule has 1 atom stereocenters. The van der Waals surface area contributed by atoms with E-state index in [4.69, 9.17) is 10.5 Å². The Balaban J connectivity index is 2.68. The standard InChI is InChI=1S/C11H18N2O/c1-9(8-14-3)13(2)11-6-4-10(12)5-7-11/h4-7,9H,8,12H2,1-3H3. The van der Waals surface area contributed by atoms with Crippen molar-refractivity contribution in [1.82, 2.24) is 0 Å². The molecule has 0 saturated heterocycles. The molecule has 0 saturated carbocycles. The molecule has 0 fully saturated rings. The summed E-state index contributed by atoms with van der Waals surface area (Å²) in [5.41, 5.74) is 7.57. The Morgan fingerprint density at radius 3 is 2.43 bits per heavy atom. The summed E-state index contributed by atoms with van der Waals surface area (Å²) < 4.78 is 5.10. The van der Waals surface area contributed by atoms with Crippen LogP contribution in [0.4, 0.5) is 11.4 Å². The fraction of sp³-hybridized carbons (Fsp3) is 0.455. The van der Waals surface area contributed by atoms with Crippen LogP contribution in [-0.4, -0.2) is 26.8 Å². The molecule has 3 nitrogen and oxygen atoms in total. The van der Waals surface area contributed by atoms with Gasteiger partial charge in [0.15, 0.2) is 0 Å². The molecule has 1 aromatic rings. The molecule has 2 N–H and O–H groups in total. The number of nitrogens with two attached hydrogens (primary N) is 1. The van der Waals surface area contributed by atoms with Gasteiger partial charge in [0.25, 0.3) is 0 Å². The number of nitrogen functional groups attached to an aromatic ring is 1. The number of hydrogen-bond donors (Lipinski definition) is 1. The Morgan fingerprint density at radius 2 is 1.93 bits per heavy atom. The van der Waals surface area contributed by atoms with Crippen LogP contribution in [0.15, 0.2) is 24.3 Å². The molecule has 14 heavy (non-hydrogen) atoms. The van der Waals surface area contributed by atoms with Gasteiger partial charge in [-0.3, -0.25) is 0 Å². The monoisotopic (exact) mass is 194 g/mol. The Morgan fingerprint density at radius 1 is 1.36 bits per heavy atom. The molecule has 1 unspecified atom stereocenters. The molecule has 0 bridgehead atoms. The third-order valence-electron chi connectivity index (χ3n) is 2.37. The molecule has 1 rings (SSSR count). The van der Waals surface area contributed by atoms with Crippen LogP contribution in [0.25, 0.3) is 0 Å². The molecule has 0 radical (unpaired) electrons. The van der Waals surface area contributed by atoms with Gasteiger partial charge in [-0.1, -0.05) is 0 Å². The first kappa shape index (κ1) is 10.9.